The predicted molar refractivity (Wildman–Crippen MR) is 114 cm³/mol. The van der Waals surface area contributed by atoms with Crippen molar-refractivity contribution in [2.75, 3.05) is 32.2 Å². The highest BCUT2D eigenvalue weighted by Crippen LogP contribution is 2.27. The van der Waals surface area contributed by atoms with Crippen molar-refractivity contribution in [2.45, 2.75) is 33.2 Å². The van der Waals surface area contributed by atoms with Crippen molar-refractivity contribution in [3.8, 4) is 5.75 Å². The van der Waals surface area contributed by atoms with E-state index in [2.05, 4.69) is 19.2 Å². The van der Waals surface area contributed by atoms with Gasteiger partial charge in [0.1, 0.15) is 5.75 Å². The van der Waals surface area contributed by atoms with Crippen molar-refractivity contribution in [1.82, 2.24) is 5.32 Å². The number of hydrogen-bond acceptors (Lipinski definition) is 5. The molecule has 29 heavy (non-hydrogen) atoms. The van der Waals surface area contributed by atoms with Gasteiger partial charge in [-0.1, -0.05) is 38.1 Å². The summed E-state index contributed by atoms with van der Waals surface area (Å²) in [5.74, 6) is 0.0157. The molecule has 0 unspecified atom stereocenters. The Hall–Kier alpha value is -3.02. The predicted octanol–water partition coefficient (Wildman–Crippen LogP) is 3.42. The summed E-state index contributed by atoms with van der Waals surface area (Å²) in [5.41, 5.74) is 4.14. The molecule has 0 heterocycles. The first-order chi connectivity index (χ1) is 13.8. The smallest absolute Gasteiger partial charge is 0.344 e. The van der Waals surface area contributed by atoms with Crippen LogP contribution in [0.4, 0.5) is 5.69 Å². The van der Waals surface area contributed by atoms with E-state index in [-0.39, 0.29) is 25.0 Å². The Morgan fingerprint density at radius 1 is 1.03 bits per heavy atom. The Bertz CT molecular complexity index is 829. The summed E-state index contributed by atoms with van der Waals surface area (Å²) < 4.78 is 10.6. The molecule has 0 saturated carbocycles. The van der Waals surface area contributed by atoms with E-state index in [0.29, 0.717) is 12.3 Å². The second-order valence-electron chi connectivity index (χ2n) is 7.48. The molecule has 0 atom stereocenters. The zero-order valence-electron chi connectivity index (χ0n) is 17.8. The lowest BCUT2D eigenvalue weighted by Gasteiger charge is -2.14. The number of carbonyl (C=O) groups is 2. The Morgan fingerprint density at radius 3 is 2.34 bits per heavy atom. The Morgan fingerprint density at radius 2 is 1.72 bits per heavy atom. The van der Waals surface area contributed by atoms with Crippen LogP contribution in [0.1, 0.15) is 36.5 Å². The van der Waals surface area contributed by atoms with Gasteiger partial charge in [0.2, 0.25) is 0 Å². The topological polar surface area (TPSA) is 67.9 Å². The molecule has 1 N–H and O–H groups in total. The van der Waals surface area contributed by atoms with Crippen molar-refractivity contribution in [3.05, 3.63) is 59.2 Å². The van der Waals surface area contributed by atoms with Gasteiger partial charge in [-0.3, -0.25) is 4.79 Å². The van der Waals surface area contributed by atoms with Gasteiger partial charge in [0.25, 0.3) is 5.91 Å². The summed E-state index contributed by atoms with van der Waals surface area (Å²) >= 11 is 0. The number of benzene rings is 2. The maximum Gasteiger partial charge on any atom is 0.344 e. The minimum Gasteiger partial charge on any atom is -0.482 e. The zero-order chi connectivity index (χ0) is 21.4. The number of rotatable bonds is 9. The van der Waals surface area contributed by atoms with E-state index in [1.165, 1.54) is 0 Å². The van der Waals surface area contributed by atoms with Gasteiger partial charge in [0.05, 0.1) is 0 Å². The lowest BCUT2D eigenvalue weighted by Crippen LogP contribution is -2.29. The first-order valence-electron chi connectivity index (χ1n) is 9.68. The van der Waals surface area contributed by atoms with Crippen molar-refractivity contribution >= 4 is 17.6 Å². The SMILES string of the molecule is Cc1ccc(C(C)C)c(OCC(=O)OCC(=O)NCc2ccc(N(C)C)cc2)c1. The number of amides is 1. The van der Waals surface area contributed by atoms with E-state index >= 15 is 0 Å². The average Bonchev–Trinajstić information content (AvgIpc) is 2.69. The van der Waals surface area contributed by atoms with E-state index in [1.54, 1.807) is 0 Å². The van der Waals surface area contributed by atoms with Crippen molar-refractivity contribution in [2.24, 2.45) is 0 Å². The highest BCUT2D eigenvalue weighted by Gasteiger charge is 2.12. The summed E-state index contributed by atoms with van der Waals surface area (Å²) in [6, 6.07) is 13.8. The molecule has 6 heteroatoms. The van der Waals surface area contributed by atoms with Gasteiger partial charge in [0, 0.05) is 26.3 Å². The van der Waals surface area contributed by atoms with Gasteiger partial charge in [-0.05, 0) is 47.7 Å². The molecule has 6 nitrogen and oxygen atoms in total. The van der Waals surface area contributed by atoms with Crippen LogP contribution in [-0.2, 0) is 20.9 Å². The van der Waals surface area contributed by atoms with Crippen LogP contribution in [-0.4, -0.2) is 39.2 Å². The van der Waals surface area contributed by atoms with Crippen LogP contribution >= 0.6 is 0 Å². The fourth-order valence-corrected chi connectivity index (χ4v) is 2.73. The molecule has 0 bridgehead atoms. The normalized spacial score (nSPS) is 10.6. The zero-order valence-corrected chi connectivity index (χ0v) is 17.8. The van der Waals surface area contributed by atoms with Gasteiger partial charge < -0.3 is 19.7 Å². The molecule has 0 fully saturated rings. The van der Waals surface area contributed by atoms with E-state index < -0.39 is 5.97 Å². The maximum absolute atomic E-state index is 11.9. The Kier molecular flexibility index (Phi) is 8.07. The van der Waals surface area contributed by atoms with E-state index in [0.717, 1.165) is 22.4 Å². The molecular weight excluding hydrogens is 368 g/mol. The van der Waals surface area contributed by atoms with Crippen LogP contribution in [0.25, 0.3) is 0 Å². The largest absolute Gasteiger partial charge is 0.482 e. The third-order valence-corrected chi connectivity index (χ3v) is 4.44. The lowest BCUT2D eigenvalue weighted by atomic mass is 10.0. The van der Waals surface area contributed by atoms with Gasteiger partial charge >= 0.3 is 5.97 Å². The molecule has 156 valence electrons. The molecule has 2 aromatic rings. The number of anilines is 1. The molecule has 0 aliphatic rings. The van der Waals surface area contributed by atoms with Crippen molar-refractivity contribution in [3.63, 3.8) is 0 Å². The fourth-order valence-electron chi connectivity index (χ4n) is 2.73. The Labute approximate surface area is 172 Å². The summed E-state index contributed by atoms with van der Waals surface area (Å²) in [6.45, 7) is 5.91. The minimum atomic E-state index is -0.577. The van der Waals surface area contributed by atoms with Crippen LogP contribution in [0, 0.1) is 6.92 Å². The second-order valence-corrected chi connectivity index (χ2v) is 7.48. The van der Waals surface area contributed by atoms with Crippen molar-refractivity contribution < 1.29 is 19.1 Å². The number of ether oxygens (including phenoxy) is 2. The second kappa shape index (κ2) is 10.5. The molecule has 0 spiro atoms. The number of carbonyl (C=O) groups excluding carboxylic acids is 2. The average molecular weight is 399 g/mol. The van der Waals surface area contributed by atoms with Crippen LogP contribution in [0.15, 0.2) is 42.5 Å². The molecule has 2 rings (SSSR count). The van der Waals surface area contributed by atoms with Gasteiger partial charge in [-0.2, -0.15) is 0 Å². The monoisotopic (exact) mass is 398 g/mol. The molecule has 0 aromatic heterocycles. The first-order valence-corrected chi connectivity index (χ1v) is 9.68. The third-order valence-electron chi connectivity index (χ3n) is 4.44. The number of hydrogen-bond donors (Lipinski definition) is 1. The van der Waals surface area contributed by atoms with Gasteiger partial charge in [0.15, 0.2) is 13.2 Å². The lowest BCUT2D eigenvalue weighted by molar-refractivity contribution is -0.150. The fraction of sp³-hybridized carbons (Fsp3) is 0.391. The highest BCUT2D eigenvalue weighted by molar-refractivity contribution is 5.80. The quantitative estimate of drug-likeness (QED) is 0.656. The molecular formula is C23H30N2O4. The molecule has 2 aromatic carbocycles. The maximum atomic E-state index is 11.9. The van der Waals surface area contributed by atoms with E-state index in [9.17, 15) is 9.59 Å². The number of nitrogens with one attached hydrogen (secondary N) is 1. The van der Waals surface area contributed by atoms with Crippen LogP contribution < -0.4 is 15.0 Å². The molecule has 0 radical (unpaired) electrons. The molecule has 0 aliphatic carbocycles. The first kappa shape index (κ1) is 22.3. The molecule has 0 aliphatic heterocycles. The van der Waals surface area contributed by atoms with Crippen LogP contribution in [0.5, 0.6) is 5.75 Å². The van der Waals surface area contributed by atoms with Gasteiger partial charge in [-0.15, -0.1) is 0 Å². The van der Waals surface area contributed by atoms with E-state index in [1.807, 2.05) is 68.4 Å². The number of aryl methyl sites for hydroxylation is 1. The Balaban J connectivity index is 1.75. The summed E-state index contributed by atoms with van der Waals surface area (Å²) in [7, 11) is 3.94. The third kappa shape index (κ3) is 7.14. The number of esters is 1. The van der Waals surface area contributed by atoms with Crippen molar-refractivity contribution in [1.29, 1.82) is 0 Å². The van der Waals surface area contributed by atoms with E-state index in [4.69, 9.17) is 9.47 Å². The summed E-state index contributed by atoms with van der Waals surface area (Å²) in [6.07, 6.45) is 0. The number of nitrogens with zero attached hydrogens (tertiary/aromatic N) is 1. The highest BCUT2D eigenvalue weighted by atomic mass is 16.6. The van der Waals surface area contributed by atoms with Crippen LogP contribution in [0.3, 0.4) is 0 Å². The summed E-state index contributed by atoms with van der Waals surface area (Å²) in [5, 5.41) is 2.74. The minimum absolute atomic E-state index is 0.234. The summed E-state index contributed by atoms with van der Waals surface area (Å²) in [4.78, 5) is 25.9. The standard InChI is InChI=1S/C23H30N2O4/c1-16(2)20-11-6-17(3)12-21(20)28-15-23(27)29-14-22(26)24-13-18-7-9-19(10-8-18)25(4)5/h6-12,16H,13-15H2,1-5H3,(H,24,26). The molecule has 1 amide bonds. The van der Waals surface area contributed by atoms with Crippen LogP contribution in [0.2, 0.25) is 0 Å². The van der Waals surface area contributed by atoms with Gasteiger partial charge in [-0.25, -0.2) is 4.79 Å². The molecule has 0 saturated heterocycles.